The first-order valence-electron chi connectivity index (χ1n) is 10.3. The van der Waals surface area contributed by atoms with Crippen LogP contribution in [0, 0.1) is 0 Å². The number of aryl methyl sites for hydroxylation is 1. The molecule has 1 aliphatic heterocycles. The molecular weight excluding hydrogens is 404 g/mol. The number of rotatable bonds is 7. The highest BCUT2D eigenvalue weighted by atomic mass is 32.2. The number of sulfonamides is 1. The summed E-state index contributed by atoms with van der Waals surface area (Å²) in [4.78, 5) is 12.5. The lowest BCUT2D eigenvalue weighted by Crippen LogP contribution is -2.36. The van der Waals surface area contributed by atoms with Crippen molar-refractivity contribution in [2.75, 3.05) is 12.1 Å². The molecule has 2 N–H and O–H groups in total. The molecule has 30 heavy (non-hydrogen) atoms. The van der Waals surface area contributed by atoms with E-state index < -0.39 is 10.0 Å². The Morgan fingerprint density at radius 2 is 1.70 bits per heavy atom. The predicted molar refractivity (Wildman–Crippen MR) is 113 cm³/mol. The normalized spacial score (nSPS) is 16.4. The van der Waals surface area contributed by atoms with E-state index in [1.54, 1.807) is 42.5 Å². The van der Waals surface area contributed by atoms with Crippen LogP contribution in [0.4, 0.5) is 5.69 Å². The minimum Gasteiger partial charge on any atom is -0.454 e. The van der Waals surface area contributed by atoms with E-state index in [0.29, 0.717) is 30.0 Å². The summed E-state index contributed by atoms with van der Waals surface area (Å²) in [7, 11) is -3.51. The van der Waals surface area contributed by atoms with Crippen LogP contribution >= 0.6 is 0 Å². The van der Waals surface area contributed by atoms with Gasteiger partial charge < -0.3 is 14.8 Å². The van der Waals surface area contributed by atoms with E-state index in [1.165, 1.54) is 6.42 Å². The van der Waals surface area contributed by atoms with Crippen LogP contribution < -0.4 is 19.5 Å². The molecule has 2 aliphatic rings. The van der Waals surface area contributed by atoms with E-state index in [-0.39, 0.29) is 23.6 Å². The maximum atomic E-state index is 12.6. The summed E-state index contributed by atoms with van der Waals surface area (Å²) in [6.45, 7) is 0.189. The van der Waals surface area contributed by atoms with Gasteiger partial charge in [0, 0.05) is 24.2 Å². The Hall–Kier alpha value is -2.58. The summed E-state index contributed by atoms with van der Waals surface area (Å²) in [6, 6.07) is 12.0. The number of fused-ring (bicyclic) bond motifs is 1. The summed E-state index contributed by atoms with van der Waals surface area (Å²) in [5.41, 5.74) is 1.56. The van der Waals surface area contributed by atoms with Crippen LogP contribution in [0.3, 0.4) is 0 Å². The van der Waals surface area contributed by atoms with Gasteiger partial charge in [-0.15, -0.1) is 0 Å². The molecular formula is C22H26N2O5S. The molecule has 1 saturated carbocycles. The van der Waals surface area contributed by atoms with Gasteiger partial charge in [0.1, 0.15) is 0 Å². The maximum Gasteiger partial charge on any atom is 0.240 e. The molecule has 0 unspecified atom stereocenters. The fourth-order valence-corrected chi connectivity index (χ4v) is 5.10. The van der Waals surface area contributed by atoms with E-state index >= 15 is 0 Å². The maximum absolute atomic E-state index is 12.6. The Morgan fingerprint density at radius 1 is 0.967 bits per heavy atom. The summed E-state index contributed by atoms with van der Waals surface area (Å²) in [6.07, 6.45) is 5.93. The van der Waals surface area contributed by atoms with Crippen molar-refractivity contribution < 1.29 is 22.7 Å². The Bertz CT molecular complexity index is 999. The number of anilines is 1. The van der Waals surface area contributed by atoms with Gasteiger partial charge in [-0.25, -0.2) is 13.1 Å². The lowest BCUT2D eigenvalue weighted by atomic mass is 9.96. The summed E-state index contributed by atoms with van der Waals surface area (Å²) < 4.78 is 38.5. The van der Waals surface area contributed by atoms with Gasteiger partial charge in [0.05, 0.1) is 4.90 Å². The van der Waals surface area contributed by atoms with Gasteiger partial charge in [-0.1, -0.05) is 31.4 Å². The molecule has 8 heteroatoms. The van der Waals surface area contributed by atoms with Crippen LogP contribution in [0.1, 0.15) is 44.1 Å². The van der Waals surface area contributed by atoms with Gasteiger partial charge in [-0.2, -0.15) is 0 Å². The molecule has 0 aromatic heterocycles. The van der Waals surface area contributed by atoms with Gasteiger partial charge in [-0.3, -0.25) is 4.79 Å². The average molecular weight is 431 g/mol. The molecule has 1 amide bonds. The van der Waals surface area contributed by atoms with E-state index in [9.17, 15) is 13.2 Å². The highest BCUT2D eigenvalue weighted by molar-refractivity contribution is 7.89. The molecule has 0 atom stereocenters. The minimum absolute atomic E-state index is 0.0308. The molecule has 7 nitrogen and oxygen atoms in total. The second kappa shape index (κ2) is 9.06. The first-order chi connectivity index (χ1) is 14.5. The first kappa shape index (κ1) is 20.7. The van der Waals surface area contributed by atoms with Crippen molar-refractivity contribution in [2.24, 2.45) is 0 Å². The Morgan fingerprint density at radius 3 is 2.47 bits per heavy atom. The van der Waals surface area contributed by atoms with Crippen molar-refractivity contribution >= 4 is 21.6 Å². The summed E-state index contributed by atoms with van der Waals surface area (Å²) in [5.74, 6) is 1.16. The second-order valence-corrected chi connectivity index (χ2v) is 9.43. The zero-order chi connectivity index (χ0) is 21.0. The van der Waals surface area contributed by atoms with Crippen molar-refractivity contribution in [3.8, 4) is 11.5 Å². The lowest BCUT2D eigenvalue weighted by Gasteiger charge is -2.22. The molecule has 4 rings (SSSR count). The predicted octanol–water partition coefficient (Wildman–Crippen LogP) is 3.60. The van der Waals surface area contributed by atoms with Crippen molar-refractivity contribution in [2.45, 2.75) is 55.9 Å². The van der Waals surface area contributed by atoms with Gasteiger partial charge >= 0.3 is 0 Å². The number of amides is 1. The zero-order valence-electron chi connectivity index (χ0n) is 16.7. The molecule has 2 aromatic carbocycles. The van der Waals surface area contributed by atoms with Gasteiger partial charge in [0.25, 0.3) is 0 Å². The SMILES string of the molecule is O=C(CCc1ccc(S(=O)(=O)NC2CCCCC2)cc1)Nc1ccc2c(c1)OCO2. The molecule has 1 aliphatic carbocycles. The molecule has 2 aromatic rings. The number of carbonyl (C=O) groups is 1. The number of hydrogen-bond acceptors (Lipinski definition) is 5. The van der Waals surface area contributed by atoms with E-state index in [4.69, 9.17) is 9.47 Å². The van der Waals surface area contributed by atoms with Crippen molar-refractivity contribution in [1.82, 2.24) is 4.72 Å². The molecule has 0 bridgehead atoms. The van der Waals surface area contributed by atoms with Crippen molar-refractivity contribution in [1.29, 1.82) is 0 Å². The number of benzene rings is 2. The third-order valence-corrected chi connectivity index (χ3v) is 6.99. The van der Waals surface area contributed by atoms with E-state index in [1.807, 2.05) is 0 Å². The highest BCUT2D eigenvalue weighted by Crippen LogP contribution is 2.34. The Kier molecular flexibility index (Phi) is 6.24. The number of carbonyl (C=O) groups excluding carboxylic acids is 1. The van der Waals surface area contributed by atoms with Crippen LogP contribution in [0.2, 0.25) is 0 Å². The zero-order valence-corrected chi connectivity index (χ0v) is 17.5. The van der Waals surface area contributed by atoms with Gasteiger partial charge in [-0.05, 0) is 49.1 Å². The lowest BCUT2D eigenvalue weighted by molar-refractivity contribution is -0.116. The highest BCUT2D eigenvalue weighted by Gasteiger charge is 2.21. The van der Waals surface area contributed by atoms with Gasteiger partial charge in [0.15, 0.2) is 11.5 Å². The van der Waals surface area contributed by atoms with Crippen molar-refractivity contribution in [3.05, 3.63) is 48.0 Å². The molecule has 0 spiro atoms. The van der Waals surface area contributed by atoms with Crippen LogP contribution in [0.15, 0.2) is 47.4 Å². The van der Waals surface area contributed by atoms with Gasteiger partial charge in [0.2, 0.25) is 22.7 Å². The Labute approximate surface area is 176 Å². The fourth-order valence-electron chi connectivity index (χ4n) is 3.80. The number of hydrogen-bond donors (Lipinski definition) is 2. The van der Waals surface area contributed by atoms with Crippen LogP contribution in [-0.4, -0.2) is 27.2 Å². The van der Waals surface area contributed by atoms with Crippen LogP contribution in [-0.2, 0) is 21.2 Å². The quantitative estimate of drug-likeness (QED) is 0.700. The topological polar surface area (TPSA) is 93.7 Å². The first-order valence-corrected chi connectivity index (χ1v) is 11.8. The molecule has 1 fully saturated rings. The monoisotopic (exact) mass is 430 g/mol. The standard InChI is InChI=1S/C22H26N2O5S/c25-22(23-18-9-12-20-21(14-18)29-15-28-20)13-8-16-6-10-19(11-7-16)30(26,27)24-17-4-2-1-3-5-17/h6-7,9-12,14,17,24H,1-5,8,13,15H2,(H,23,25). The van der Waals surface area contributed by atoms with E-state index in [2.05, 4.69) is 10.0 Å². The van der Waals surface area contributed by atoms with Crippen LogP contribution in [0.5, 0.6) is 11.5 Å². The summed E-state index contributed by atoms with van der Waals surface area (Å²) >= 11 is 0. The van der Waals surface area contributed by atoms with Crippen LogP contribution in [0.25, 0.3) is 0 Å². The van der Waals surface area contributed by atoms with Crippen molar-refractivity contribution in [3.63, 3.8) is 0 Å². The molecule has 0 saturated heterocycles. The largest absolute Gasteiger partial charge is 0.454 e. The second-order valence-electron chi connectivity index (χ2n) is 7.72. The third kappa shape index (κ3) is 5.12. The summed E-state index contributed by atoms with van der Waals surface area (Å²) in [5, 5.41) is 2.84. The smallest absolute Gasteiger partial charge is 0.240 e. The fraction of sp³-hybridized carbons (Fsp3) is 0.409. The average Bonchev–Trinajstić information content (AvgIpc) is 3.21. The Balaban J connectivity index is 1.29. The van der Waals surface area contributed by atoms with E-state index in [0.717, 1.165) is 31.2 Å². The molecule has 1 heterocycles. The number of ether oxygens (including phenoxy) is 2. The minimum atomic E-state index is -3.51. The third-order valence-electron chi connectivity index (χ3n) is 5.46. The molecule has 0 radical (unpaired) electrons. The molecule has 160 valence electrons. The number of nitrogens with one attached hydrogen (secondary N) is 2.